The predicted octanol–water partition coefficient (Wildman–Crippen LogP) is -0.480. The zero-order valence-corrected chi connectivity index (χ0v) is 7.53. The SMILES string of the molecule is O=C1CC2CCNCC2C(CO)O1. The molecule has 0 amide bonds. The summed E-state index contributed by atoms with van der Waals surface area (Å²) in [5.41, 5.74) is 0. The van der Waals surface area contributed by atoms with E-state index in [0.29, 0.717) is 18.3 Å². The van der Waals surface area contributed by atoms with Crippen LogP contribution in [0.2, 0.25) is 0 Å². The van der Waals surface area contributed by atoms with Crippen molar-refractivity contribution in [2.24, 2.45) is 11.8 Å². The van der Waals surface area contributed by atoms with Crippen molar-refractivity contribution in [1.29, 1.82) is 0 Å². The van der Waals surface area contributed by atoms with Crippen LogP contribution in [0.5, 0.6) is 0 Å². The molecule has 2 N–H and O–H groups in total. The molecule has 0 radical (unpaired) electrons. The van der Waals surface area contributed by atoms with E-state index in [9.17, 15) is 4.79 Å². The van der Waals surface area contributed by atoms with Gasteiger partial charge in [-0.05, 0) is 18.9 Å². The molecule has 0 saturated carbocycles. The summed E-state index contributed by atoms with van der Waals surface area (Å²) in [6, 6.07) is 0. The third-order valence-corrected chi connectivity index (χ3v) is 3.05. The number of ether oxygens (including phenoxy) is 1. The van der Waals surface area contributed by atoms with Gasteiger partial charge in [-0.2, -0.15) is 0 Å². The van der Waals surface area contributed by atoms with Crippen molar-refractivity contribution in [3.8, 4) is 0 Å². The van der Waals surface area contributed by atoms with E-state index in [1.54, 1.807) is 0 Å². The molecule has 74 valence electrons. The Labute approximate surface area is 77.3 Å². The molecular formula is C9H15NO3. The number of piperidine rings is 1. The molecule has 2 aliphatic rings. The first-order valence-corrected chi connectivity index (χ1v) is 4.82. The summed E-state index contributed by atoms with van der Waals surface area (Å²) in [5, 5.41) is 12.3. The number of aliphatic hydroxyl groups excluding tert-OH is 1. The van der Waals surface area contributed by atoms with Crippen LogP contribution in [0, 0.1) is 11.8 Å². The average Bonchev–Trinajstić information content (AvgIpc) is 2.16. The summed E-state index contributed by atoms with van der Waals surface area (Å²) in [7, 11) is 0. The van der Waals surface area contributed by atoms with Gasteiger partial charge in [0.05, 0.1) is 6.61 Å². The number of rotatable bonds is 1. The quantitative estimate of drug-likeness (QED) is 0.542. The average molecular weight is 185 g/mol. The molecule has 3 atom stereocenters. The second kappa shape index (κ2) is 3.64. The van der Waals surface area contributed by atoms with E-state index in [-0.39, 0.29) is 18.7 Å². The molecule has 4 heteroatoms. The number of hydrogen-bond acceptors (Lipinski definition) is 4. The van der Waals surface area contributed by atoms with Gasteiger partial charge in [0.2, 0.25) is 0 Å². The first-order chi connectivity index (χ1) is 6.31. The van der Waals surface area contributed by atoms with Crippen LogP contribution in [0.4, 0.5) is 0 Å². The Morgan fingerprint density at radius 3 is 3.23 bits per heavy atom. The third-order valence-electron chi connectivity index (χ3n) is 3.05. The number of cyclic esters (lactones) is 1. The maximum absolute atomic E-state index is 11.1. The molecule has 13 heavy (non-hydrogen) atoms. The number of hydrogen-bond donors (Lipinski definition) is 2. The highest BCUT2D eigenvalue weighted by Gasteiger charge is 2.39. The lowest BCUT2D eigenvalue weighted by atomic mass is 9.79. The Morgan fingerprint density at radius 1 is 1.62 bits per heavy atom. The number of esters is 1. The summed E-state index contributed by atoms with van der Waals surface area (Å²) in [5.74, 6) is 0.582. The van der Waals surface area contributed by atoms with Crippen molar-refractivity contribution in [3.05, 3.63) is 0 Å². The second-order valence-corrected chi connectivity index (χ2v) is 3.83. The summed E-state index contributed by atoms with van der Waals surface area (Å²) in [6.45, 7) is 1.80. The summed E-state index contributed by atoms with van der Waals surface area (Å²) >= 11 is 0. The van der Waals surface area contributed by atoms with Gasteiger partial charge in [-0.1, -0.05) is 0 Å². The first-order valence-electron chi connectivity index (χ1n) is 4.82. The minimum absolute atomic E-state index is 0.0470. The Kier molecular flexibility index (Phi) is 2.51. The fourth-order valence-electron chi connectivity index (χ4n) is 2.32. The number of carbonyl (C=O) groups is 1. The van der Waals surface area contributed by atoms with Gasteiger partial charge in [0, 0.05) is 18.9 Å². The minimum atomic E-state index is -0.279. The zero-order valence-electron chi connectivity index (χ0n) is 7.53. The Balaban J connectivity index is 2.07. The fourth-order valence-corrected chi connectivity index (χ4v) is 2.32. The van der Waals surface area contributed by atoms with Crippen LogP contribution in [-0.2, 0) is 9.53 Å². The van der Waals surface area contributed by atoms with E-state index in [0.717, 1.165) is 19.5 Å². The second-order valence-electron chi connectivity index (χ2n) is 3.83. The van der Waals surface area contributed by atoms with Crippen LogP contribution >= 0.6 is 0 Å². The van der Waals surface area contributed by atoms with E-state index in [4.69, 9.17) is 9.84 Å². The van der Waals surface area contributed by atoms with Crippen molar-refractivity contribution in [2.75, 3.05) is 19.7 Å². The smallest absolute Gasteiger partial charge is 0.306 e. The number of nitrogens with one attached hydrogen (secondary N) is 1. The molecule has 2 rings (SSSR count). The van der Waals surface area contributed by atoms with Crippen molar-refractivity contribution >= 4 is 5.97 Å². The van der Waals surface area contributed by atoms with E-state index in [1.165, 1.54) is 0 Å². The van der Waals surface area contributed by atoms with Crippen LogP contribution < -0.4 is 5.32 Å². The minimum Gasteiger partial charge on any atom is -0.460 e. The molecule has 3 unspecified atom stereocenters. The monoisotopic (exact) mass is 185 g/mol. The fraction of sp³-hybridized carbons (Fsp3) is 0.889. The van der Waals surface area contributed by atoms with Crippen molar-refractivity contribution in [3.63, 3.8) is 0 Å². The van der Waals surface area contributed by atoms with E-state index in [1.807, 2.05) is 0 Å². The molecular weight excluding hydrogens is 170 g/mol. The Hall–Kier alpha value is -0.610. The van der Waals surface area contributed by atoms with Crippen LogP contribution in [-0.4, -0.2) is 36.9 Å². The van der Waals surface area contributed by atoms with Gasteiger partial charge in [-0.3, -0.25) is 4.79 Å². The molecule has 2 saturated heterocycles. The van der Waals surface area contributed by atoms with Gasteiger partial charge in [-0.15, -0.1) is 0 Å². The van der Waals surface area contributed by atoms with E-state index >= 15 is 0 Å². The van der Waals surface area contributed by atoms with Gasteiger partial charge in [0.1, 0.15) is 6.10 Å². The van der Waals surface area contributed by atoms with Crippen LogP contribution in [0.3, 0.4) is 0 Å². The van der Waals surface area contributed by atoms with Crippen LogP contribution in [0.15, 0.2) is 0 Å². The van der Waals surface area contributed by atoms with Gasteiger partial charge in [0.25, 0.3) is 0 Å². The predicted molar refractivity (Wildman–Crippen MR) is 46.0 cm³/mol. The lowest BCUT2D eigenvalue weighted by Gasteiger charge is -2.39. The van der Waals surface area contributed by atoms with E-state index in [2.05, 4.69) is 5.32 Å². The molecule has 2 heterocycles. The molecule has 0 aliphatic carbocycles. The zero-order chi connectivity index (χ0) is 9.26. The molecule has 2 aliphatic heterocycles. The summed E-state index contributed by atoms with van der Waals surface area (Å²) in [6.07, 6.45) is 1.28. The van der Waals surface area contributed by atoms with Gasteiger partial charge < -0.3 is 15.2 Å². The van der Waals surface area contributed by atoms with Crippen LogP contribution in [0.25, 0.3) is 0 Å². The summed E-state index contributed by atoms with van der Waals surface area (Å²) < 4.78 is 5.08. The number of carbonyl (C=O) groups excluding carboxylic acids is 1. The molecule has 0 aromatic heterocycles. The van der Waals surface area contributed by atoms with Crippen molar-refractivity contribution in [1.82, 2.24) is 5.32 Å². The van der Waals surface area contributed by atoms with Gasteiger partial charge >= 0.3 is 5.97 Å². The highest BCUT2D eigenvalue weighted by Crippen LogP contribution is 2.31. The number of fused-ring (bicyclic) bond motifs is 1. The molecule has 2 fully saturated rings. The third kappa shape index (κ3) is 1.69. The molecule has 0 aromatic rings. The Morgan fingerprint density at radius 2 is 2.46 bits per heavy atom. The maximum atomic E-state index is 11.1. The van der Waals surface area contributed by atoms with Gasteiger partial charge in [-0.25, -0.2) is 0 Å². The molecule has 0 spiro atoms. The largest absolute Gasteiger partial charge is 0.460 e. The lowest BCUT2D eigenvalue weighted by molar-refractivity contribution is -0.167. The summed E-state index contributed by atoms with van der Waals surface area (Å²) in [4.78, 5) is 11.1. The van der Waals surface area contributed by atoms with Gasteiger partial charge in [0.15, 0.2) is 0 Å². The van der Waals surface area contributed by atoms with E-state index < -0.39 is 0 Å². The molecule has 0 bridgehead atoms. The van der Waals surface area contributed by atoms with Crippen LogP contribution in [0.1, 0.15) is 12.8 Å². The lowest BCUT2D eigenvalue weighted by Crippen LogP contribution is -2.49. The van der Waals surface area contributed by atoms with Crippen molar-refractivity contribution in [2.45, 2.75) is 18.9 Å². The van der Waals surface area contributed by atoms with Crippen molar-refractivity contribution < 1.29 is 14.6 Å². The standard InChI is InChI=1S/C9H15NO3/c11-5-8-7-4-10-2-1-6(7)3-9(12)13-8/h6-8,10-11H,1-5H2. The first kappa shape index (κ1) is 8.97. The Bertz CT molecular complexity index is 197. The molecule has 0 aromatic carbocycles. The highest BCUT2D eigenvalue weighted by atomic mass is 16.6. The molecule has 4 nitrogen and oxygen atoms in total. The number of aliphatic hydroxyl groups is 1. The normalized spacial score (nSPS) is 39.5. The maximum Gasteiger partial charge on any atom is 0.306 e. The topological polar surface area (TPSA) is 58.6 Å². The highest BCUT2D eigenvalue weighted by molar-refractivity contribution is 5.70.